The number of hydrogen-bond acceptors (Lipinski definition) is 4. The van der Waals surface area contributed by atoms with Crippen molar-refractivity contribution in [1.82, 2.24) is 4.57 Å². The van der Waals surface area contributed by atoms with E-state index in [-0.39, 0.29) is 22.9 Å². The van der Waals surface area contributed by atoms with Gasteiger partial charge in [-0.2, -0.15) is 0 Å². The van der Waals surface area contributed by atoms with E-state index in [1.165, 1.54) is 40.4 Å². The highest BCUT2D eigenvalue weighted by molar-refractivity contribution is 7.07. The van der Waals surface area contributed by atoms with E-state index in [2.05, 4.69) is 0 Å². The molecule has 23 heavy (non-hydrogen) atoms. The maximum Gasteiger partial charge on any atom is 0.268 e. The van der Waals surface area contributed by atoms with Crippen LogP contribution < -0.4 is 14.8 Å². The fourth-order valence-corrected chi connectivity index (χ4v) is 3.05. The van der Waals surface area contributed by atoms with E-state index in [4.69, 9.17) is 4.42 Å². The Hall–Kier alpha value is -2.73. The lowest BCUT2D eigenvalue weighted by molar-refractivity contribution is 0.103. The number of carbonyl (C=O) groups is 1. The Bertz CT molecular complexity index is 1010. The van der Waals surface area contributed by atoms with Gasteiger partial charge in [0.1, 0.15) is 10.5 Å². The smallest absolute Gasteiger partial charge is 0.268 e. The molecular weight excluding hydrogens is 317 g/mol. The van der Waals surface area contributed by atoms with Crippen molar-refractivity contribution >= 4 is 29.3 Å². The van der Waals surface area contributed by atoms with E-state index in [9.17, 15) is 14.0 Å². The molecule has 0 saturated carbocycles. The van der Waals surface area contributed by atoms with Crippen LogP contribution in [0.4, 0.5) is 4.39 Å². The number of Topliss-reactive ketones (excluding diaryl/α,β-unsaturated/α-hetero) is 1. The van der Waals surface area contributed by atoms with Crippen molar-refractivity contribution in [2.45, 2.75) is 0 Å². The molecule has 6 heteroatoms. The third kappa shape index (κ3) is 3.22. The standard InChI is InChI=1S/C17H12FNO3S/c1-19-16(10-13(20)14-3-2-8-22-14)23-15(17(19)21)9-11-4-6-12(18)7-5-11/h2-10H,1H3. The normalized spacial score (nSPS) is 12.8. The number of thiazole rings is 1. The van der Waals surface area contributed by atoms with Crippen LogP contribution in [-0.4, -0.2) is 10.4 Å². The van der Waals surface area contributed by atoms with Gasteiger partial charge in [-0.3, -0.25) is 9.59 Å². The number of aromatic nitrogens is 1. The lowest BCUT2D eigenvalue weighted by atomic mass is 10.2. The van der Waals surface area contributed by atoms with Crippen molar-refractivity contribution in [1.29, 1.82) is 0 Å². The summed E-state index contributed by atoms with van der Waals surface area (Å²) >= 11 is 1.19. The molecule has 0 bridgehead atoms. The number of carbonyl (C=O) groups excluding carboxylic acids is 1. The predicted octanol–water partition coefficient (Wildman–Crippen LogP) is 1.67. The summed E-state index contributed by atoms with van der Waals surface area (Å²) < 4.78 is 20.4. The largest absolute Gasteiger partial charge is 0.461 e. The van der Waals surface area contributed by atoms with Gasteiger partial charge >= 0.3 is 0 Å². The quantitative estimate of drug-likeness (QED) is 0.687. The topological polar surface area (TPSA) is 52.2 Å². The van der Waals surface area contributed by atoms with E-state index >= 15 is 0 Å². The fourth-order valence-electron chi connectivity index (χ4n) is 2.02. The lowest BCUT2D eigenvalue weighted by Gasteiger charge is -1.90. The van der Waals surface area contributed by atoms with Crippen LogP contribution in [0, 0.1) is 5.82 Å². The Balaban J connectivity index is 2.07. The van der Waals surface area contributed by atoms with Crippen molar-refractivity contribution in [3.8, 4) is 0 Å². The lowest BCUT2D eigenvalue weighted by Crippen LogP contribution is -2.29. The predicted molar refractivity (Wildman–Crippen MR) is 86.3 cm³/mol. The van der Waals surface area contributed by atoms with Crippen LogP contribution in [0.25, 0.3) is 12.2 Å². The first kappa shape index (κ1) is 15.2. The van der Waals surface area contributed by atoms with Gasteiger partial charge in [0.2, 0.25) is 5.78 Å². The van der Waals surface area contributed by atoms with Crippen LogP contribution in [0.15, 0.2) is 51.9 Å². The van der Waals surface area contributed by atoms with Crippen LogP contribution in [0.3, 0.4) is 0 Å². The summed E-state index contributed by atoms with van der Waals surface area (Å²) in [6.07, 6.45) is 4.45. The van der Waals surface area contributed by atoms with Gasteiger partial charge in [-0.1, -0.05) is 12.1 Å². The number of halogens is 1. The summed E-state index contributed by atoms with van der Waals surface area (Å²) in [6.45, 7) is 0. The van der Waals surface area contributed by atoms with Gasteiger partial charge in [0.25, 0.3) is 5.56 Å². The second kappa shape index (κ2) is 6.18. The van der Waals surface area contributed by atoms with Gasteiger partial charge in [-0.25, -0.2) is 4.39 Å². The minimum Gasteiger partial charge on any atom is -0.461 e. The van der Waals surface area contributed by atoms with E-state index in [1.807, 2.05) is 0 Å². The molecule has 0 aliphatic heterocycles. The minimum absolute atomic E-state index is 0.210. The molecule has 2 heterocycles. The second-order valence-corrected chi connectivity index (χ2v) is 5.91. The van der Waals surface area contributed by atoms with Crippen LogP contribution in [-0.2, 0) is 7.05 Å². The van der Waals surface area contributed by atoms with Gasteiger partial charge < -0.3 is 8.98 Å². The monoisotopic (exact) mass is 329 g/mol. The minimum atomic E-state index is -0.334. The van der Waals surface area contributed by atoms with E-state index < -0.39 is 0 Å². The molecule has 0 spiro atoms. The van der Waals surface area contributed by atoms with Crippen LogP contribution >= 0.6 is 11.3 Å². The Morgan fingerprint density at radius 3 is 2.65 bits per heavy atom. The average molecular weight is 329 g/mol. The van der Waals surface area contributed by atoms with Gasteiger partial charge in [-0.05, 0) is 35.9 Å². The van der Waals surface area contributed by atoms with Gasteiger partial charge in [-0.15, -0.1) is 11.3 Å². The number of nitrogens with zero attached hydrogens (tertiary/aromatic N) is 1. The SMILES string of the molecule is Cn1c(=CC(=O)c2ccco2)sc(=Cc2ccc(F)cc2)c1=O. The summed E-state index contributed by atoms with van der Waals surface area (Å²) in [5.74, 6) is -0.422. The van der Waals surface area contributed by atoms with Gasteiger partial charge in [0, 0.05) is 13.1 Å². The number of furan rings is 1. The highest BCUT2D eigenvalue weighted by atomic mass is 32.1. The molecular formula is C17H12FNO3S. The van der Waals surface area contributed by atoms with Crippen molar-refractivity contribution in [3.05, 3.63) is 79.4 Å². The molecule has 0 N–H and O–H groups in total. The summed E-state index contributed by atoms with van der Waals surface area (Å²) in [7, 11) is 1.60. The Labute approximate surface area is 134 Å². The van der Waals surface area contributed by atoms with Crippen LogP contribution in [0.2, 0.25) is 0 Å². The summed E-state index contributed by atoms with van der Waals surface area (Å²) in [5, 5.41) is 0. The summed E-state index contributed by atoms with van der Waals surface area (Å²) in [6, 6.07) is 9.03. The maximum atomic E-state index is 12.9. The Morgan fingerprint density at radius 2 is 2.00 bits per heavy atom. The number of hydrogen-bond donors (Lipinski definition) is 0. The molecule has 0 atom stereocenters. The second-order valence-electron chi connectivity index (χ2n) is 4.85. The molecule has 3 aromatic rings. The summed E-state index contributed by atoms with van der Waals surface area (Å²) in [4.78, 5) is 24.3. The Morgan fingerprint density at radius 1 is 1.26 bits per heavy atom. The molecule has 2 aromatic heterocycles. The first-order valence-corrected chi connectivity index (χ1v) is 7.59. The van der Waals surface area contributed by atoms with Crippen molar-refractivity contribution < 1.29 is 13.6 Å². The highest BCUT2D eigenvalue weighted by Crippen LogP contribution is 2.03. The highest BCUT2D eigenvalue weighted by Gasteiger charge is 2.07. The van der Waals surface area contributed by atoms with Crippen molar-refractivity contribution in [2.24, 2.45) is 7.05 Å². The molecule has 0 saturated heterocycles. The zero-order valence-corrected chi connectivity index (χ0v) is 13.0. The van der Waals surface area contributed by atoms with Crippen LogP contribution in [0.1, 0.15) is 16.1 Å². The molecule has 0 amide bonds. The van der Waals surface area contributed by atoms with Crippen molar-refractivity contribution in [2.75, 3.05) is 0 Å². The summed E-state index contributed by atoms with van der Waals surface area (Å²) in [5.41, 5.74) is 0.507. The van der Waals surface area contributed by atoms with E-state index in [1.54, 1.807) is 37.4 Å². The van der Waals surface area contributed by atoms with Gasteiger partial charge in [0.05, 0.1) is 10.8 Å². The third-order valence-corrected chi connectivity index (χ3v) is 4.36. The van der Waals surface area contributed by atoms with Crippen LogP contribution in [0.5, 0.6) is 0 Å². The maximum absolute atomic E-state index is 12.9. The molecule has 0 aliphatic rings. The molecule has 0 aliphatic carbocycles. The zero-order chi connectivity index (χ0) is 16.4. The first-order valence-electron chi connectivity index (χ1n) is 6.77. The fraction of sp³-hybridized carbons (Fsp3) is 0.0588. The molecule has 1 aromatic carbocycles. The third-order valence-electron chi connectivity index (χ3n) is 3.25. The molecule has 116 valence electrons. The molecule has 0 fully saturated rings. The van der Waals surface area contributed by atoms with E-state index in [0.29, 0.717) is 14.8 Å². The van der Waals surface area contributed by atoms with Crippen molar-refractivity contribution in [3.63, 3.8) is 0 Å². The average Bonchev–Trinajstić information content (AvgIpc) is 3.15. The Kier molecular flexibility index (Phi) is 4.08. The number of benzene rings is 1. The number of rotatable bonds is 3. The van der Waals surface area contributed by atoms with E-state index in [0.717, 1.165) is 0 Å². The first-order chi connectivity index (χ1) is 11.0. The van der Waals surface area contributed by atoms with Gasteiger partial charge in [0.15, 0.2) is 5.76 Å². The molecule has 0 unspecified atom stereocenters. The molecule has 0 radical (unpaired) electrons. The number of ketones is 1. The molecule has 4 nitrogen and oxygen atoms in total. The molecule has 3 rings (SSSR count). The zero-order valence-electron chi connectivity index (χ0n) is 12.2.